The highest BCUT2D eigenvalue weighted by Gasteiger charge is 2.48. The number of carboxylic acid groups (broad SMARTS) is 1. The van der Waals surface area contributed by atoms with Crippen LogP contribution in [0.5, 0.6) is 0 Å². The Labute approximate surface area is 142 Å². The number of aryl methyl sites for hydroxylation is 1. The minimum absolute atomic E-state index is 0.0667. The van der Waals surface area contributed by atoms with Crippen molar-refractivity contribution in [2.24, 2.45) is 7.05 Å². The molecular formula is C17H17F2N3O3. The van der Waals surface area contributed by atoms with Crippen molar-refractivity contribution in [2.45, 2.75) is 18.3 Å². The summed E-state index contributed by atoms with van der Waals surface area (Å²) in [6.45, 7) is 0.111. The smallest absolute Gasteiger partial charge is 0.316 e. The predicted molar refractivity (Wildman–Crippen MR) is 84.4 cm³/mol. The quantitative estimate of drug-likeness (QED) is 0.918. The maximum absolute atomic E-state index is 13.2. The summed E-state index contributed by atoms with van der Waals surface area (Å²) in [5, 5.41) is 13.5. The normalized spacial score (nSPS) is 20.2. The number of carbonyl (C=O) groups is 2. The lowest BCUT2D eigenvalue weighted by atomic mass is 9.80. The van der Waals surface area contributed by atoms with Gasteiger partial charge in [-0.15, -0.1) is 0 Å². The van der Waals surface area contributed by atoms with Gasteiger partial charge in [0.05, 0.1) is 11.8 Å². The molecule has 1 unspecified atom stereocenters. The van der Waals surface area contributed by atoms with Crippen molar-refractivity contribution in [1.82, 2.24) is 14.7 Å². The van der Waals surface area contributed by atoms with E-state index in [1.165, 1.54) is 11.9 Å². The molecule has 1 aliphatic rings. The van der Waals surface area contributed by atoms with Crippen LogP contribution in [0.15, 0.2) is 36.5 Å². The topological polar surface area (TPSA) is 75.4 Å². The predicted octanol–water partition coefficient (Wildman–Crippen LogP) is 2.23. The second kappa shape index (κ2) is 6.27. The number of halogens is 2. The summed E-state index contributed by atoms with van der Waals surface area (Å²) in [6.07, 6.45) is -1.51. The molecule has 3 rings (SSSR count). The van der Waals surface area contributed by atoms with E-state index in [1.54, 1.807) is 30.3 Å². The minimum atomic E-state index is -2.84. The maximum Gasteiger partial charge on any atom is 0.316 e. The van der Waals surface area contributed by atoms with Crippen LogP contribution >= 0.6 is 0 Å². The molecule has 8 heteroatoms. The van der Waals surface area contributed by atoms with E-state index in [-0.39, 0.29) is 25.1 Å². The molecule has 25 heavy (non-hydrogen) atoms. The Morgan fingerprint density at radius 3 is 2.56 bits per heavy atom. The number of hydrogen-bond donors (Lipinski definition) is 1. The maximum atomic E-state index is 13.2. The first-order valence-corrected chi connectivity index (χ1v) is 7.75. The summed E-state index contributed by atoms with van der Waals surface area (Å²) in [5.41, 5.74) is -1.29. The lowest BCUT2D eigenvalue weighted by Gasteiger charge is -2.25. The Morgan fingerprint density at radius 2 is 1.96 bits per heavy atom. The van der Waals surface area contributed by atoms with E-state index >= 15 is 0 Å². The number of rotatable bonds is 4. The largest absolute Gasteiger partial charge is 0.481 e. The fourth-order valence-corrected chi connectivity index (χ4v) is 3.31. The Kier molecular flexibility index (Phi) is 4.28. The first kappa shape index (κ1) is 17.1. The monoisotopic (exact) mass is 349 g/mol. The molecule has 0 aliphatic carbocycles. The van der Waals surface area contributed by atoms with Crippen LogP contribution in [0.1, 0.15) is 34.5 Å². The SMILES string of the molecule is Cn1ncc(C(=O)N2CCC(C(=O)O)(c3ccccc3)C2)c1C(F)F. The van der Waals surface area contributed by atoms with Gasteiger partial charge in [0, 0.05) is 20.1 Å². The van der Waals surface area contributed by atoms with E-state index < -0.39 is 29.4 Å². The highest BCUT2D eigenvalue weighted by atomic mass is 19.3. The third-order valence-electron chi connectivity index (χ3n) is 4.71. The van der Waals surface area contributed by atoms with Crippen LogP contribution in [0.25, 0.3) is 0 Å². The third kappa shape index (κ3) is 2.77. The number of likely N-dealkylation sites (tertiary alicyclic amines) is 1. The molecule has 6 nitrogen and oxygen atoms in total. The van der Waals surface area contributed by atoms with Gasteiger partial charge in [0.2, 0.25) is 0 Å². The van der Waals surface area contributed by atoms with E-state index in [0.717, 1.165) is 10.9 Å². The standard InChI is InChI=1S/C17H17F2N3O3/c1-21-13(14(18)19)12(9-20-21)15(23)22-8-7-17(10-22,16(24)25)11-5-3-2-4-6-11/h2-6,9,14H,7-8,10H2,1H3,(H,24,25). The van der Waals surface area contributed by atoms with Crippen LogP contribution < -0.4 is 0 Å². The average molecular weight is 349 g/mol. The number of alkyl halides is 2. The van der Waals surface area contributed by atoms with Crippen molar-refractivity contribution in [3.8, 4) is 0 Å². The molecule has 1 fully saturated rings. The summed E-state index contributed by atoms with van der Waals surface area (Å²) in [4.78, 5) is 25.9. The fourth-order valence-electron chi connectivity index (χ4n) is 3.31. The lowest BCUT2D eigenvalue weighted by Crippen LogP contribution is -2.40. The fraction of sp³-hybridized carbons (Fsp3) is 0.353. The lowest BCUT2D eigenvalue weighted by molar-refractivity contribution is -0.143. The van der Waals surface area contributed by atoms with Crippen LogP contribution in [0.2, 0.25) is 0 Å². The molecule has 0 saturated carbocycles. The highest BCUT2D eigenvalue weighted by Crippen LogP contribution is 2.36. The first-order chi connectivity index (χ1) is 11.9. The second-order valence-corrected chi connectivity index (χ2v) is 6.10. The Morgan fingerprint density at radius 1 is 1.28 bits per heavy atom. The Balaban J connectivity index is 1.92. The minimum Gasteiger partial charge on any atom is -0.481 e. The average Bonchev–Trinajstić information content (AvgIpc) is 3.20. The van der Waals surface area contributed by atoms with Crippen LogP contribution in [0.4, 0.5) is 8.78 Å². The van der Waals surface area contributed by atoms with Gasteiger partial charge in [-0.25, -0.2) is 8.78 Å². The van der Waals surface area contributed by atoms with E-state index in [2.05, 4.69) is 5.10 Å². The van der Waals surface area contributed by atoms with Crippen LogP contribution in [0, 0.1) is 0 Å². The van der Waals surface area contributed by atoms with Crippen LogP contribution in [-0.4, -0.2) is 44.8 Å². The zero-order valence-corrected chi connectivity index (χ0v) is 13.5. The van der Waals surface area contributed by atoms with Gasteiger partial charge in [0.1, 0.15) is 11.1 Å². The second-order valence-electron chi connectivity index (χ2n) is 6.10. The van der Waals surface area contributed by atoms with E-state index in [9.17, 15) is 23.5 Å². The van der Waals surface area contributed by atoms with E-state index in [0.29, 0.717) is 5.56 Å². The molecule has 0 radical (unpaired) electrons. The molecule has 0 bridgehead atoms. The summed E-state index contributed by atoms with van der Waals surface area (Å²) in [7, 11) is 1.34. The molecule has 1 atom stereocenters. The van der Waals surface area contributed by atoms with Gasteiger partial charge in [-0.05, 0) is 12.0 Å². The Bertz CT molecular complexity index is 807. The number of benzene rings is 1. The number of aliphatic carboxylic acids is 1. The summed E-state index contributed by atoms with van der Waals surface area (Å²) in [5.74, 6) is -1.66. The van der Waals surface area contributed by atoms with Gasteiger partial charge >= 0.3 is 5.97 Å². The molecule has 1 amide bonds. The van der Waals surface area contributed by atoms with Crippen molar-refractivity contribution in [3.05, 3.63) is 53.3 Å². The van der Waals surface area contributed by atoms with E-state index in [4.69, 9.17) is 0 Å². The van der Waals surface area contributed by atoms with E-state index in [1.807, 2.05) is 0 Å². The molecular weight excluding hydrogens is 332 g/mol. The number of amides is 1. The number of hydrogen-bond acceptors (Lipinski definition) is 3. The number of carbonyl (C=O) groups excluding carboxylic acids is 1. The van der Waals surface area contributed by atoms with Crippen LogP contribution in [-0.2, 0) is 17.3 Å². The summed E-state index contributed by atoms with van der Waals surface area (Å²) < 4.78 is 27.3. The van der Waals surface area contributed by atoms with Crippen molar-refractivity contribution < 1.29 is 23.5 Å². The molecule has 2 heterocycles. The molecule has 1 aliphatic heterocycles. The summed E-state index contributed by atoms with van der Waals surface area (Å²) in [6, 6.07) is 8.66. The third-order valence-corrected chi connectivity index (χ3v) is 4.71. The van der Waals surface area contributed by atoms with Gasteiger partial charge in [-0.1, -0.05) is 30.3 Å². The number of carboxylic acids is 1. The van der Waals surface area contributed by atoms with Crippen molar-refractivity contribution in [1.29, 1.82) is 0 Å². The van der Waals surface area contributed by atoms with Crippen molar-refractivity contribution in [3.63, 3.8) is 0 Å². The Hall–Kier alpha value is -2.77. The molecule has 1 aromatic carbocycles. The molecule has 1 N–H and O–H groups in total. The molecule has 1 saturated heterocycles. The van der Waals surface area contributed by atoms with Gasteiger partial charge in [-0.3, -0.25) is 14.3 Å². The molecule has 1 aromatic heterocycles. The first-order valence-electron chi connectivity index (χ1n) is 7.75. The molecule has 132 valence electrons. The zero-order chi connectivity index (χ0) is 18.2. The number of nitrogens with zero attached hydrogens (tertiary/aromatic N) is 3. The van der Waals surface area contributed by atoms with Gasteiger partial charge in [0.15, 0.2) is 0 Å². The van der Waals surface area contributed by atoms with Crippen molar-refractivity contribution in [2.75, 3.05) is 13.1 Å². The zero-order valence-electron chi connectivity index (χ0n) is 13.5. The van der Waals surface area contributed by atoms with Gasteiger partial charge in [0.25, 0.3) is 12.3 Å². The van der Waals surface area contributed by atoms with Gasteiger partial charge in [-0.2, -0.15) is 5.10 Å². The van der Waals surface area contributed by atoms with Crippen molar-refractivity contribution >= 4 is 11.9 Å². The molecule has 0 spiro atoms. The number of aromatic nitrogens is 2. The molecule has 2 aromatic rings. The summed E-state index contributed by atoms with van der Waals surface area (Å²) >= 11 is 0. The van der Waals surface area contributed by atoms with Crippen LogP contribution in [0.3, 0.4) is 0 Å². The van der Waals surface area contributed by atoms with Gasteiger partial charge < -0.3 is 10.0 Å². The highest BCUT2D eigenvalue weighted by molar-refractivity contribution is 5.96.